The Balaban J connectivity index is 2.72. The first kappa shape index (κ1) is 6.22. The molecule has 0 aliphatic rings. The van der Waals surface area contributed by atoms with Crippen LogP contribution in [0.15, 0.2) is 6.20 Å². The molecule has 0 fully saturated rings. The van der Waals surface area contributed by atoms with Gasteiger partial charge in [0.25, 0.3) is 6.47 Å². The van der Waals surface area contributed by atoms with Crippen LogP contribution < -0.4 is 4.74 Å². The molecule has 0 aliphatic carbocycles. The summed E-state index contributed by atoms with van der Waals surface area (Å²) in [6.07, 6.45) is 1.52. The molecule has 0 spiro atoms. The number of aromatic nitrogens is 1. The minimum absolute atomic E-state index is 0.396. The van der Waals surface area contributed by atoms with Gasteiger partial charge in [-0.25, -0.2) is 4.98 Å². The smallest absolute Gasteiger partial charge is 0.299 e. The van der Waals surface area contributed by atoms with Crippen molar-refractivity contribution in [3.63, 3.8) is 0 Å². The number of aryl methyl sites for hydroxylation is 1. The molecular formula is C5H5NO2S. The standard InChI is InChI=1S/C5H5NO2S/c1-4-6-2-5(9-4)8-3-7/h2-3H,1H3. The zero-order chi connectivity index (χ0) is 6.69. The first-order valence-electron chi connectivity index (χ1n) is 2.35. The van der Waals surface area contributed by atoms with Gasteiger partial charge in [-0.1, -0.05) is 11.3 Å². The number of thiazole rings is 1. The Labute approximate surface area is 56.3 Å². The van der Waals surface area contributed by atoms with Gasteiger partial charge in [0.05, 0.1) is 11.2 Å². The van der Waals surface area contributed by atoms with Gasteiger partial charge >= 0.3 is 0 Å². The molecule has 3 nitrogen and oxygen atoms in total. The molecule has 0 bridgehead atoms. The van der Waals surface area contributed by atoms with Crippen LogP contribution in [0.1, 0.15) is 5.01 Å². The lowest BCUT2D eigenvalue weighted by atomic mass is 10.8. The molecule has 0 aromatic carbocycles. The van der Waals surface area contributed by atoms with E-state index in [9.17, 15) is 4.79 Å². The summed E-state index contributed by atoms with van der Waals surface area (Å²) in [7, 11) is 0. The lowest BCUT2D eigenvalue weighted by Gasteiger charge is -1.83. The second-order valence-electron chi connectivity index (χ2n) is 1.41. The van der Waals surface area contributed by atoms with Crippen LogP contribution in [-0.2, 0) is 4.79 Å². The van der Waals surface area contributed by atoms with Crippen molar-refractivity contribution in [2.75, 3.05) is 0 Å². The van der Waals surface area contributed by atoms with Crippen LogP contribution in [-0.4, -0.2) is 11.5 Å². The maximum Gasteiger partial charge on any atom is 0.299 e. The fourth-order valence-corrected chi connectivity index (χ4v) is 1.03. The average molecular weight is 143 g/mol. The lowest BCUT2D eigenvalue weighted by Crippen LogP contribution is -1.82. The monoisotopic (exact) mass is 143 g/mol. The third kappa shape index (κ3) is 1.50. The fourth-order valence-electron chi connectivity index (χ4n) is 0.444. The maximum absolute atomic E-state index is 9.74. The SMILES string of the molecule is Cc1ncc(OC=O)s1. The first-order valence-corrected chi connectivity index (χ1v) is 3.17. The Hall–Kier alpha value is -0.900. The molecule has 0 aliphatic heterocycles. The summed E-state index contributed by atoms with van der Waals surface area (Å²) in [6, 6.07) is 0. The molecule has 0 saturated carbocycles. The van der Waals surface area contributed by atoms with Gasteiger partial charge in [0.15, 0.2) is 0 Å². The molecule has 0 atom stereocenters. The topological polar surface area (TPSA) is 39.2 Å². The molecule has 0 amide bonds. The first-order chi connectivity index (χ1) is 4.33. The van der Waals surface area contributed by atoms with E-state index in [1.54, 1.807) is 0 Å². The van der Waals surface area contributed by atoms with Crippen molar-refractivity contribution < 1.29 is 9.53 Å². The van der Waals surface area contributed by atoms with E-state index in [1.807, 2.05) is 6.92 Å². The third-order valence-electron chi connectivity index (χ3n) is 0.764. The molecular weight excluding hydrogens is 138 g/mol. The number of rotatable bonds is 2. The molecule has 48 valence electrons. The Morgan fingerprint density at radius 2 is 2.67 bits per heavy atom. The maximum atomic E-state index is 9.74. The van der Waals surface area contributed by atoms with Gasteiger partial charge in [0.2, 0.25) is 5.06 Å². The Morgan fingerprint density at radius 1 is 1.89 bits per heavy atom. The van der Waals surface area contributed by atoms with E-state index in [0.29, 0.717) is 11.5 Å². The van der Waals surface area contributed by atoms with Crippen LogP contribution in [0.2, 0.25) is 0 Å². The van der Waals surface area contributed by atoms with Crippen molar-refractivity contribution in [3.8, 4) is 5.06 Å². The van der Waals surface area contributed by atoms with Gasteiger partial charge < -0.3 is 4.74 Å². The van der Waals surface area contributed by atoms with Gasteiger partial charge in [0, 0.05) is 0 Å². The molecule has 0 radical (unpaired) electrons. The van der Waals surface area contributed by atoms with Gasteiger partial charge in [-0.2, -0.15) is 0 Å². The van der Waals surface area contributed by atoms with Crippen LogP contribution in [0, 0.1) is 6.92 Å². The van der Waals surface area contributed by atoms with Crippen LogP contribution in [0.4, 0.5) is 0 Å². The highest BCUT2D eigenvalue weighted by atomic mass is 32.1. The van der Waals surface area contributed by atoms with Gasteiger partial charge in [-0.15, -0.1) is 0 Å². The van der Waals surface area contributed by atoms with Crippen molar-refractivity contribution in [2.24, 2.45) is 0 Å². The molecule has 0 unspecified atom stereocenters. The zero-order valence-corrected chi connectivity index (χ0v) is 5.64. The normalized spacial score (nSPS) is 9.00. The number of carbonyl (C=O) groups excluding carboxylic acids is 1. The molecule has 1 aromatic heterocycles. The minimum Gasteiger partial charge on any atom is -0.416 e. The second kappa shape index (κ2) is 2.59. The molecule has 9 heavy (non-hydrogen) atoms. The number of carbonyl (C=O) groups is 1. The van der Waals surface area contributed by atoms with Crippen molar-refractivity contribution in [1.29, 1.82) is 0 Å². The van der Waals surface area contributed by atoms with Crippen molar-refractivity contribution in [3.05, 3.63) is 11.2 Å². The molecule has 1 heterocycles. The Kier molecular flexibility index (Phi) is 1.79. The average Bonchev–Trinajstić information content (AvgIpc) is 2.17. The third-order valence-corrected chi connectivity index (χ3v) is 1.57. The number of hydrogen-bond donors (Lipinski definition) is 0. The summed E-state index contributed by atoms with van der Waals surface area (Å²) in [4.78, 5) is 13.6. The predicted molar refractivity (Wildman–Crippen MR) is 33.5 cm³/mol. The summed E-state index contributed by atoms with van der Waals surface area (Å²) in [5.74, 6) is 0. The van der Waals surface area contributed by atoms with Crippen LogP contribution >= 0.6 is 11.3 Å². The molecule has 1 rings (SSSR count). The van der Waals surface area contributed by atoms with Crippen molar-refractivity contribution >= 4 is 17.8 Å². The van der Waals surface area contributed by atoms with E-state index in [1.165, 1.54) is 17.5 Å². The van der Waals surface area contributed by atoms with Gasteiger partial charge in [0.1, 0.15) is 0 Å². The highest BCUT2D eigenvalue weighted by Gasteiger charge is 1.95. The molecule has 4 heteroatoms. The van der Waals surface area contributed by atoms with Crippen molar-refractivity contribution in [2.45, 2.75) is 6.92 Å². The summed E-state index contributed by atoms with van der Waals surface area (Å²) in [5, 5.41) is 1.44. The summed E-state index contributed by atoms with van der Waals surface area (Å²) >= 11 is 1.35. The second-order valence-corrected chi connectivity index (χ2v) is 2.61. The van der Waals surface area contributed by atoms with E-state index in [4.69, 9.17) is 0 Å². The van der Waals surface area contributed by atoms with E-state index in [-0.39, 0.29) is 0 Å². The Morgan fingerprint density at radius 3 is 3.11 bits per heavy atom. The number of ether oxygens (including phenoxy) is 1. The van der Waals surface area contributed by atoms with Crippen LogP contribution in [0.25, 0.3) is 0 Å². The number of hydrogen-bond acceptors (Lipinski definition) is 4. The molecule has 1 aromatic rings. The van der Waals surface area contributed by atoms with E-state index in [2.05, 4.69) is 9.72 Å². The molecule has 0 N–H and O–H groups in total. The zero-order valence-electron chi connectivity index (χ0n) is 4.83. The predicted octanol–water partition coefficient (Wildman–Crippen LogP) is 0.987. The molecule has 0 saturated heterocycles. The van der Waals surface area contributed by atoms with Crippen molar-refractivity contribution in [1.82, 2.24) is 4.98 Å². The minimum atomic E-state index is 0.396. The van der Waals surface area contributed by atoms with E-state index >= 15 is 0 Å². The summed E-state index contributed by atoms with van der Waals surface area (Å²) < 4.78 is 4.50. The van der Waals surface area contributed by atoms with Gasteiger partial charge in [-0.3, -0.25) is 4.79 Å². The van der Waals surface area contributed by atoms with E-state index in [0.717, 1.165) is 5.01 Å². The number of nitrogens with zero attached hydrogens (tertiary/aromatic N) is 1. The van der Waals surface area contributed by atoms with Crippen LogP contribution in [0.5, 0.6) is 5.06 Å². The van der Waals surface area contributed by atoms with Crippen LogP contribution in [0.3, 0.4) is 0 Å². The quantitative estimate of drug-likeness (QED) is 0.579. The summed E-state index contributed by atoms with van der Waals surface area (Å²) in [5.41, 5.74) is 0. The fraction of sp³-hybridized carbons (Fsp3) is 0.200. The largest absolute Gasteiger partial charge is 0.416 e. The highest BCUT2D eigenvalue weighted by Crippen LogP contribution is 2.18. The van der Waals surface area contributed by atoms with E-state index < -0.39 is 0 Å². The summed E-state index contributed by atoms with van der Waals surface area (Å²) in [6.45, 7) is 2.25. The highest BCUT2D eigenvalue weighted by molar-refractivity contribution is 7.13. The Bertz CT molecular complexity index is 208. The van der Waals surface area contributed by atoms with Gasteiger partial charge in [-0.05, 0) is 6.92 Å². The lowest BCUT2D eigenvalue weighted by molar-refractivity contribution is -0.120.